The highest BCUT2D eigenvalue weighted by Gasteiger charge is 2.29. The van der Waals surface area contributed by atoms with E-state index in [0.29, 0.717) is 17.8 Å². The predicted octanol–water partition coefficient (Wildman–Crippen LogP) is 2.07. The van der Waals surface area contributed by atoms with Crippen LogP contribution >= 0.6 is 0 Å². The Morgan fingerprint density at radius 1 is 1.29 bits per heavy atom. The second-order valence-electron chi connectivity index (χ2n) is 4.91. The maximum Gasteiger partial charge on any atom is 0.292 e. The highest BCUT2D eigenvalue weighted by Crippen LogP contribution is 2.27. The predicted molar refractivity (Wildman–Crippen MR) is 76.7 cm³/mol. The van der Waals surface area contributed by atoms with Gasteiger partial charge in [-0.1, -0.05) is 13.0 Å². The summed E-state index contributed by atoms with van der Waals surface area (Å²) in [6.07, 6.45) is 1.32. The SMILES string of the molecule is CCCNc1cc(CN2C(=O)CCC2=O)ccc1[N+](=O)[O-]. The van der Waals surface area contributed by atoms with E-state index in [9.17, 15) is 19.7 Å². The first-order chi connectivity index (χ1) is 10.0. The molecule has 0 bridgehead atoms. The fourth-order valence-electron chi connectivity index (χ4n) is 2.22. The smallest absolute Gasteiger partial charge is 0.292 e. The Morgan fingerprint density at radius 3 is 2.52 bits per heavy atom. The van der Waals surface area contributed by atoms with E-state index < -0.39 is 4.92 Å². The van der Waals surface area contributed by atoms with Gasteiger partial charge in [0.25, 0.3) is 5.69 Å². The number of nitro groups is 1. The highest BCUT2D eigenvalue weighted by molar-refractivity contribution is 6.01. The normalized spacial score (nSPS) is 14.6. The summed E-state index contributed by atoms with van der Waals surface area (Å²) in [4.78, 5) is 34.9. The minimum Gasteiger partial charge on any atom is -0.379 e. The Morgan fingerprint density at radius 2 is 1.95 bits per heavy atom. The van der Waals surface area contributed by atoms with E-state index in [1.807, 2.05) is 6.92 Å². The molecule has 1 saturated heterocycles. The summed E-state index contributed by atoms with van der Waals surface area (Å²) < 4.78 is 0. The van der Waals surface area contributed by atoms with E-state index in [1.165, 1.54) is 11.0 Å². The summed E-state index contributed by atoms with van der Waals surface area (Å²) in [7, 11) is 0. The molecule has 0 atom stereocenters. The van der Waals surface area contributed by atoms with Crippen molar-refractivity contribution in [2.45, 2.75) is 32.7 Å². The molecule has 1 heterocycles. The van der Waals surface area contributed by atoms with Crippen molar-refractivity contribution in [3.05, 3.63) is 33.9 Å². The molecule has 1 aromatic rings. The first-order valence-electron chi connectivity index (χ1n) is 6.87. The summed E-state index contributed by atoms with van der Waals surface area (Å²) >= 11 is 0. The largest absolute Gasteiger partial charge is 0.379 e. The van der Waals surface area contributed by atoms with E-state index in [2.05, 4.69) is 5.32 Å². The van der Waals surface area contributed by atoms with Crippen molar-refractivity contribution in [2.24, 2.45) is 0 Å². The van der Waals surface area contributed by atoms with Crippen molar-refractivity contribution >= 4 is 23.2 Å². The first-order valence-corrected chi connectivity index (χ1v) is 6.87. The minimum atomic E-state index is -0.450. The van der Waals surface area contributed by atoms with Gasteiger partial charge in [-0.25, -0.2) is 0 Å². The molecule has 0 aliphatic carbocycles. The Hall–Kier alpha value is -2.44. The number of hydrogen-bond acceptors (Lipinski definition) is 5. The summed E-state index contributed by atoms with van der Waals surface area (Å²) in [5.41, 5.74) is 1.10. The number of likely N-dealkylation sites (tertiary alicyclic amines) is 1. The molecule has 1 N–H and O–H groups in total. The fourth-order valence-corrected chi connectivity index (χ4v) is 2.22. The maximum atomic E-state index is 11.6. The van der Waals surface area contributed by atoms with Crippen LogP contribution in [-0.4, -0.2) is 28.2 Å². The van der Waals surface area contributed by atoms with Crippen LogP contribution in [0.3, 0.4) is 0 Å². The zero-order valence-corrected chi connectivity index (χ0v) is 11.8. The molecule has 0 unspecified atom stereocenters. The van der Waals surface area contributed by atoms with Crippen LogP contribution in [0.25, 0.3) is 0 Å². The third-order valence-corrected chi connectivity index (χ3v) is 3.32. The summed E-state index contributed by atoms with van der Waals surface area (Å²) in [6, 6.07) is 4.61. The van der Waals surface area contributed by atoms with Gasteiger partial charge in [-0.3, -0.25) is 24.6 Å². The Kier molecular flexibility index (Phi) is 4.52. The van der Waals surface area contributed by atoms with Gasteiger partial charge in [-0.15, -0.1) is 0 Å². The Bertz CT molecular complexity index is 570. The fraction of sp³-hybridized carbons (Fsp3) is 0.429. The lowest BCUT2D eigenvalue weighted by atomic mass is 10.1. The summed E-state index contributed by atoms with van der Waals surface area (Å²) in [5.74, 6) is -0.386. The van der Waals surface area contributed by atoms with Crippen LogP contribution in [0.5, 0.6) is 0 Å². The van der Waals surface area contributed by atoms with Crippen LogP contribution < -0.4 is 5.32 Å². The molecule has 2 amide bonds. The van der Waals surface area contributed by atoms with Gasteiger partial charge in [0.2, 0.25) is 11.8 Å². The number of nitrogens with zero attached hydrogens (tertiary/aromatic N) is 2. The highest BCUT2D eigenvalue weighted by atomic mass is 16.6. The van der Waals surface area contributed by atoms with Gasteiger partial charge in [0.05, 0.1) is 11.5 Å². The molecular formula is C14H17N3O4. The third-order valence-electron chi connectivity index (χ3n) is 3.32. The number of nitrogens with one attached hydrogen (secondary N) is 1. The number of amides is 2. The zero-order chi connectivity index (χ0) is 15.4. The molecule has 1 aliphatic rings. The Labute approximate surface area is 122 Å². The van der Waals surface area contributed by atoms with Crippen molar-refractivity contribution in [3.8, 4) is 0 Å². The molecule has 0 spiro atoms. The van der Waals surface area contributed by atoms with E-state index >= 15 is 0 Å². The number of imide groups is 1. The molecule has 7 heteroatoms. The maximum absolute atomic E-state index is 11.6. The van der Waals surface area contributed by atoms with E-state index in [1.54, 1.807) is 12.1 Å². The lowest BCUT2D eigenvalue weighted by Crippen LogP contribution is -2.28. The monoisotopic (exact) mass is 291 g/mol. The second kappa shape index (κ2) is 6.34. The van der Waals surface area contributed by atoms with Gasteiger partial charge in [-0.2, -0.15) is 0 Å². The van der Waals surface area contributed by atoms with Crippen LogP contribution in [0.2, 0.25) is 0 Å². The van der Waals surface area contributed by atoms with Crippen LogP contribution in [0, 0.1) is 10.1 Å². The molecule has 0 radical (unpaired) electrons. The molecule has 7 nitrogen and oxygen atoms in total. The number of rotatable bonds is 6. The summed E-state index contributed by atoms with van der Waals surface area (Å²) in [5, 5.41) is 14.0. The van der Waals surface area contributed by atoms with E-state index in [4.69, 9.17) is 0 Å². The number of carbonyl (C=O) groups excluding carboxylic acids is 2. The lowest BCUT2D eigenvalue weighted by molar-refractivity contribution is -0.384. The van der Waals surface area contributed by atoms with Crippen molar-refractivity contribution in [1.29, 1.82) is 0 Å². The van der Waals surface area contributed by atoms with Gasteiger partial charge in [0, 0.05) is 25.5 Å². The zero-order valence-electron chi connectivity index (χ0n) is 11.8. The van der Waals surface area contributed by atoms with Gasteiger partial charge < -0.3 is 5.32 Å². The van der Waals surface area contributed by atoms with Crippen LogP contribution in [0.4, 0.5) is 11.4 Å². The van der Waals surface area contributed by atoms with Crippen LogP contribution in [0.1, 0.15) is 31.7 Å². The van der Waals surface area contributed by atoms with Crippen molar-refractivity contribution < 1.29 is 14.5 Å². The van der Waals surface area contributed by atoms with Crippen LogP contribution in [0.15, 0.2) is 18.2 Å². The molecule has 0 aromatic heterocycles. The van der Waals surface area contributed by atoms with E-state index in [0.717, 1.165) is 6.42 Å². The van der Waals surface area contributed by atoms with E-state index in [-0.39, 0.29) is 36.9 Å². The molecule has 0 saturated carbocycles. The molecule has 112 valence electrons. The third kappa shape index (κ3) is 3.36. The molecule has 2 rings (SSSR count). The van der Waals surface area contributed by atoms with Gasteiger partial charge >= 0.3 is 0 Å². The summed E-state index contributed by atoms with van der Waals surface area (Å²) in [6.45, 7) is 2.74. The minimum absolute atomic E-state index is 0.00808. The number of hydrogen-bond donors (Lipinski definition) is 1. The van der Waals surface area contributed by atoms with Crippen molar-refractivity contribution in [3.63, 3.8) is 0 Å². The second-order valence-corrected chi connectivity index (χ2v) is 4.91. The molecule has 1 aliphatic heterocycles. The quantitative estimate of drug-likeness (QED) is 0.492. The molecule has 1 fully saturated rings. The number of carbonyl (C=O) groups is 2. The lowest BCUT2D eigenvalue weighted by Gasteiger charge is -2.15. The van der Waals surface area contributed by atoms with Crippen LogP contribution in [-0.2, 0) is 16.1 Å². The van der Waals surface area contributed by atoms with Crippen molar-refractivity contribution in [2.75, 3.05) is 11.9 Å². The van der Waals surface area contributed by atoms with Gasteiger partial charge in [-0.05, 0) is 18.1 Å². The first kappa shape index (κ1) is 15.0. The van der Waals surface area contributed by atoms with Gasteiger partial charge in [0.15, 0.2) is 0 Å². The standard InChI is InChI=1S/C14H17N3O4/c1-2-7-15-11-8-10(3-4-12(11)17(20)21)9-16-13(18)5-6-14(16)19/h3-4,8,15H,2,5-7,9H2,1H3. The average molecular weight is 291 g/mol. The number of anilines is 1. The Balaban J connectivity index is 2.22. The number of nitro benzene ring substituents is 1. The van der Waals surface area contributed by atoms with Crippen molar-refractivity contribution in [1.82, 2.24) is 4.90 Å². The average Bonchev–Trinajstić information content (AvgIpc) is 2.77. The topological polar surface area (TPSA) is 92.6 Å². The molecular weight excluding hydrogens is 274 g/mol. The molecule has 1 aromatic carbocycles. The molecule has 21 heavy (non-hydrogen) atoms. The van der Waals surface area contributed by atoms with Gasteiger partial charge in [0.1, 0.15) is 5.69 Å². The number of benzene rings is 1.